The number of hydrogen-bond donors (Lipinski definition) is 0. The van der Waals surface area contributed by atoms with Crippen LogP contribution in [0.5, 0.6) is 0 Å². The van der Waals surface area contributed by atoms with Gasteiger partial charge in [-0.1, -0.05) is 13.8 Å². The zero-order chi connectivity index (χ0) is 16.8. The van der Waals surface area contributed by atoms with Crippen LogP contribution in [0.15, 0.2) is 0 Å². The third-order valence-corrected chi connectivity index (χ3v) is 4.04. The van der Waals surface area contributed by atoms with Crippen molar-refractivity contribution in [1.29, 1.82) is 0 Å². The molecule has 2 nitrogen and oxygen atoms in total. The molecule has 1 rings (SSSR count). The second kappa shape index (κ2) is 5.44. The molecule has 0 bridgehead atoms. The summed E-state index contributed by atoms with van der Waals surface area (Å²) in [5.74, 6) is -1.20. The third-order valence-electron chi connectivity index (χ3n) is 4.04. The van der Waals surface area contributed by atoms with Crippen molar-refractivity contribution in [1.82, 2.24) is 4.90 Å². The second-order valence-electron chi connectivity index (χ2n) is 6.12. The van der Waals surface area contributed by atoms with Crippen LogP contribution in [0.4, 0.5) is 26.3 Å². The van der Waals surface area contributed by atoms with Crippen molar-refractivity contribution < 1.29 is 31.1 Å². The van der Waals surface area contributed by atoms with E-state index >= 15 is 0 Å². The Balaban J connectivity index is 3.31. The molecule has 21 heavy (non-hydrogen) atoms. The van der Waals surface area contributed by atoms with Crippen LogP contribution in [0.25, 0.3) is 0 Å². The second-order valence-corrected chi connectivity index (χ2v) is 6.12. The maximum atomic E-state index is 13.1. The normalized spacial score (nSPS) is 24.1. The van der Waals surface area contributed by atoms with E-state index in [4.69, 9.17) is 0 Å². The number of rotatable bonds is 3. The molecule has 1 saturated heterocycles. The predicted molar refractivity (Wildman–Crippen MR) is 64.6 cm³/mol. The summed E-state index contributed by atoms with van der Waals surface area (Å²) in [5.41, 5.74) is -3.83. The Bertz CT molecular complexity index is 384. The van der Waals surface area contributed by atoms with Gasteiger partial charge in [0.05, 0.1) is 6.04 Å². The number of likely N-dealkylation sites (tertiary alicyclic amines) is 1. The summed E-state index contributed by atoms with van der Waals surface area (Å²) in [6, 6.07) is -1.93. The van der Waals surface area contributed by atoms with E-state index in [-0.39, 0.29) is 0 Å². The van der Waals surface area contributed by atoms with Crippen molar-refractivity contribution in [2.24, 2.45) is 11.3 Å². The van der Waals surface area contributed by atoms with Crippen molar-refractivity contribution in [2.75, 3.05) is 6.54 Å². The lowest BCUT2D eigenvalue weighted by Gasteiger charge is -2.34. The smallest absolute Gasteiger partial charge is 0.298 e. The number of carbonyl (C=O) groups excluding carboxylic acids is 1. The van der Waals surface area contributed by atoms with Gasteiger partial charge in [0, 0.05) is 18.5 Å². The highest BCUT2D eigenvalue weighted by molar-refractivity contribution is 5.86. The van der Waals surface area contributed by atoms with Crippen molar-refractivity contribution >= 4 is 5.78 Å². The van der Waals surface area contributed by atoms with Gasteiger partial charge in [0.1, 0.15) is 0 Å². The molecular weight excluding hydrogens is 300 g/mol. The summed E-state index contributed by atoms with van der Waals surface area (Å²) in [4.78, 5) is 13.0. The van der Waals surface area contributed by atoms with E-state index in [1.165, 1.54) is 27.7 Å². The van der Waals surface area contributed by atoms with E-state index in [2.05, 4.69) is 0 Å². The van der Waals surface area contributed by atoms with E-state index in [0.29, 0.717) is 0 Å². The van der Waals surface area contributed by atoms with Gasteiger partial charge in [-0.15, -0.1) is 0 Å². The van der Waals surface area contributed by atoms with Crippen LogP contribution in [-0.2, 0) is 4.79 Å². The van der Waals surface area contributed by atoms with Crippen molar-refractivity contribution in [3.05, 3.63) is 0 Å². The Morgan fingerprint density at radius 3 is 1.76 bits per heavy atom. The van der Waals surface area contributed by atoms with Gasteiger partial charge < -0.3 is 0 Å². The van der Waals surface area contributed by atoms with Gasteiger partial charge in [-0.2, -0.15) is 26.3 Å². The molecule has 0 amide bonds. The van der Waals surface area contributed by atoms with Crippen LogP contribution >= 0.6 is 0 Å². The maximum absolute atomic E-state index is 13.1. The molecule has 1 aliphatic rings. The first-order valence-corrected chi connectivity index (χ1v) is 6.67. The molecule has 0 aliphatic carbocycles. The summed E-state index contributed by atoms with van der Waals surface area (Å²) >= 11 is 0. The van der Waals surface area contributed by atoms with Crippen molar-refractivity contribution in [3.8, 4) is 0 Å². The summed E-state index contributed by atoms with van der Waals surface area (Å²) in [6.07, 6.45) is -12.1. The lowest BCUT2D eigenvalue weighted by molar-refractivity contribution is -0.335. The molecule has 0 saturated carbocycles. The lowest BCUT2D eigenvalue weighted by Crippen LogP contribution is -2.52. The molecule has 0 aromatic rings. The average molecular weight is 319 g/mol. The topological polar surface area (TPSA) is 20.3 Å². The molecule has 0 radical (unpaired) electrons. The molecule has 1 fully saturated rings. The molecule has 0 aromatic carbocycles. The van der Waals surface area contributed by atoms with Gasteiger partial charge in [-0.05, 0) is 20.3 Å². The SMILES string of the molecule is CC(C)C(=O)[C@@H]1CC(C(F)(F)F)(C(F)(F)F)CN1C(C)C. The summed E-state index contributed by atoms with van der Waals surface area (Å²) in [5, 5.41) is 0. The Morgan fingerprint density at radius 1 is 1.05 bits per heavy atom. The first kappa shape index (κ1) is 18.3. The molecule has 0 unspecified atom stereocenters. The maximum Gasteiger partial charge on any atom is 0.404 e. The van der Waals surface area contributed by atoms with Gasteiger partial charge in [0.25, 0.3) is 0 Å². The Kier molecular flexibility index (Phi) is 4.73. The summed E-state index contributed by atoms with van der Waals surface area (Å²) in [7, 11) is 0. The molecule has 124 valence electrons. The van der Waals surface area contributed by atoms with E-state index in [0.717, 1.165) is 4.90 Å². The van der Waals surface area contributed by atoms with Crippen LogP contribution in [0.1, 0.15) is 34.1 Å². The third kappa shape index (κ3) is 3.05. The van der Waals surface area contributed by atoms with Gasteiger partial charge in [-0.25, -0.2) is 0 Å². The number of halogens is 6. The zero-order valence-corrected chi connectivity index (χ0v) is 12.3. The average Bonchev–Trinajstić information content (AvgIpc) is 2.67. The standard InChI is InChI=1S/C13H19F6NO/c1-7(2)10(21)9-5-11(12(14,15)16,13(17,18)19)6-20(9)8(3)4/h7-9H,5-6H2,1-4H3/t9-/m0/s1. The summed E-state index contributed by atoms with van der Waals surface area (Å²) in [6.45, 7) is 4.71. The molecular formula is C13H19F6NO. The minimum atomic E-state index is -5.44. The van der Waals surface area contributed by atoms with Gasteiger partial charge in [0.2, 0.25) is 0 Å². The quantitative estimate of drug-likeness (QED) is 0.737. The molecule has 0 N–H and O–H groups in total. The number of nitrogens with zero attached hydrogens (tertiary/aromatic N) is 1. The highest BCUT2D eigenvalue weighted by atomic mass is 19.4. The zero-order valence-electron chi connectivity index (χ0n) is 12.3. The Morgan fingerprint density at radius 2 is 1.48 bits per heavy atom. The number of Topliss-reactive ketones (excluding diaryl/α,β-unsaturated/α-hetero) is 1. The number of ketones is 1. The Hall–Kier alpha value is -0.790. The molecule has 1 atom stereocenters. The van der Waals surface area contributed by atoms with Gasteiger partial charge in [0.15, 0.2) is 11.2 Å². The van der Waals surface area contributed by atoms with Gasteiger partial charge >= 0.3 is 12.4 Å². The van der Waals surface area contributed by atoms with E-state index in [1.54, 1.807) is 0 Å². The van der Waals surface area contributed by atoms with Crippen LogP contribution in [-0.4, -0.2) is 41.7 Å². The number of alkyl halides is 6. The van der Waals surface area contributed by atoms with Crippen LogP contribution < -0.4 is 0 Å². The van der Waals surface area contributed by atoms with Crippen LogP contribution in [0.3, 0.4) is 0 Å². The highest BCUT2D eigenvalue weighted by Gasteiger charge is 2.74. The lowest BCUT2D eigenvalue weighted by atomic mass is 9.82. The van der Waals surface area contributed by atoms with Gasteiger partial charge in [-0.3, -0.25) is 9.69 Å². The fourth-order valence-corrected chi connectivity index (χ4v) is 2.70. The predicted octanol–water partition coefficient (Wildman–Crippen LogP) is 3.81. The molecule has 1 aliphatic heterocycles. The first-order valence-electron chi connectivity index (χ1n) is 6.67. The fourth-order valence-electron chi connectivity index (χ4n) is 2.70. The molecule has 1 heterocycles. The monoisotopic (exact) mass is 319 g/mol. The van der Waals surface area contributed by atoms with Crippen molar-refractivity contribution in [2.45, 2.75) is 58.6 Å². The minimum absolute atomic E-state index is 0.579. The van der Waals surface area contributed by atoms with E-state index in [1.807, 2.05) is 0 Å². The molecule has 0 spiro atoms. The Labute approximate surface area is 119 Å². The van der Waals surface area contributed by atoms with E-state index in [9.17, 15) is 31.1 Å². The van der Waals surface area contributed by atoms with E-state index < -0.39 is 54.5 Å². The first-order chi connectivity index (χ1) is 9.24. The number of hydrogen-bond acceptors (Lipinski definition) is 2. The highest BCUT2D eigenvalue weighted by Crippen LogP contribution is 2.57. The molecule has 0 aromatic heterocycles. The summed E-state index contributed by atoms with van der Waals surface area (Å²) < 4.78 is 78.8. The number of carbonyl (C=O) groups is 1. The van der Waals surface area contributed by atoms with Crippen LogP contribution in [0.2, 0.25) is 0 Å². The van der Waals surface area contributed by atoms with Crippen molar-refractivity contribution in [3.63, 3.8) is 0 Å². The fraction of sp³-hybridized carbons (Fsp3) is 0.923. The van der Waals surface area contributed by atoms with Crippen LogP contribution in [0, 0.1) is 11.3 Å². The minimum Gasteiger partial charge on any atom is -0.298 e. The molecule has 8 heteroatoms. The largest absolute Gasteiger partial charge is 0.404 e.